The van der Waals surface area contributed by atoms with Gasteiger partial charge in [0.05, 0.1) is 11.1 Å². The Hall–Kier alpha value is -2.21. The first-order valence-electron chi connectivity index (χ1n) is 10.8. The molecule has 3 rings (SSSR count). The number of carbonyl (C=O) groups excluding carboxylic acids is 3. The molecule has 1 aromatic rings. The van der Waals surface area contributed by atoms with Crippen molar-refractivity contribution in [2.45, 2.75) is 59.0 Å². The van der Waals surface area contributed by atoms with E-state index in [1.165, 1.54) is 17.7 Å². The molecule has 2 atom stereocenters. The van der Waals surface area contributed by atoms with Crippen LogP contribution < -0.4 is 5.32 Å². The van der Waals surface area contributed by atoms with Gasteiger partial charge in [-0.25, -0.2) is 0 Å². The monoisotopic (exact) mass is 399 g/mol. The first-order chi connectivity index (χ1) is 13.8. The third kappa shape index (κ3) is 4.53. The Bertz CT molecular complexity index is 733. The van der Waals surface area contributed by atoms with Gasteiger partial charge in [0.15, 0.2) is 0 Å². The lowest BCUT2D eigenvalue weighted by Gasteiger charge is -2.32. The summed E-state index contributed by atoms with van der Waals surface area (Å²) in [4.78, 5) is 42.6. The predicted octanol–water partition coefficient (Wildman–Crippen LogP) is 2.93. The van der Waals surface area contributed by atoms with Crippen molar-refractivity contribution in [3.63, 3.8) is 0 Å². The van der Waals surface area contributed by atoms with Gasteiger partial charge < -0.3 is 5.32 Å². The van der Waals surface area contributed by atoms with Crippen LogP contribution in [0.4, 0.5) is 0 Å². The number of hydrogen-bond donors (Lipinski definition) is 1. The normalized spacial score (nSPS) is 19.2. The second kappa shape index (κ2) is 9.08. The van der Waals surface area contributed by atoms with Crippen LogP contribution in [0.1, 0.15) is 67.7 Å². The van der Waals surface area contributed by atoms with Crippen LogP contribution >= 0.6 is 0 Å². The van der Waals surface area contributed by atoms with Crippen molar-refractivity contribution >= 4 is 17.7 Å². The quantitative estimate of drug-likeness (QED) is 0.683. The van der Waals surface area contributed by atoms with E-state index in [2.05, 4.69) is 24.1 Å². The summed E-state index contributed by atoms with van der Waals surface area (Å²) in [7, 11) is 0. The van der Waals surface area contributed by atoms with Crippen molar-refractivity contribution in [3.8, 4) is 0 Å². The summed E-state index contributed by atoms with van der Waals surface area (Å²) in [5.74, 6) is -0.387. The molecular formula is C23H33N3O3. The molecular weight excluding hydrogens is 366 g/mol. The molecule has 1 N–H and O–H groups in total. The van der Waals surface area contributed by atoms with Crippen molar-refractivity contribution < 1.29 is 14.4 Å². The fraction of sp³-hybridized carbons (Fsp3) is 0.609. The maximum atomic E-state index is 13.2. The van der Waals surface area contributed by atoms with E-state index in [1.807, 2.05) is 13.8 Å². The highest BCUT2D eigenvalue weighted by atomic mass is 16.2. The van der Waals surface area contributed by atoms with Crippen LogP contribution in [0, 0.1) is 11.8 Å². The molecule has 0 saturated carbocycles. The van der Waals surface area contributed by atoms with Gasteiger partial charge in [-0.05, 0) is 56.3 Å². The van der Waals surface area contributed by atoms with Gasteiger partial charge in [0.1, 0.15) is 6.04 Å². The van der Waals surface area contributed by atoms with Crippen molar-refractivity contribution in [1.29, 1.82) is 0 Å². The largest absolute Gasteiger partial charge is 0.353 e. The molecule has 158 valence electrons. The SMILES string of the molecule is CC(C)CC(C(=O)NCC(C(C)C)N1CCCC1)N1C(=O)c2ccccc2C1=O. The van der Waals surface area contributed by atoms with Gasteiger partial charge in [-0.2, -0.15) is 0 Å². The molecule has 0 spiro atoms. The van der Waals surface area contributed by atoms with E-state index >= 15 is 0 Å². The summed E-state index contributed by atoms with van der Waals surface area (Å²) in [6.07, 6.45) is 2.84. The number of amides is 3. The van der Waals surface area contributed by atoms with E-state index in [0.717, 1.165) is 13.1 Å². The van der Waals surface area contributed by atoms with Gasteiger partial charge in [0, 0.05) is 12.6 Å². The zero-order valence-corrected chi connectivity index (χ0v) is 18.0. The number of carbonyl (C=O) groups is 3. The van der Waals surface area contributed by atoms with Crippen LogP contribution in [-0.2, 0) is 4.79 Å². The number of benzene rings is 1. The highest BCUT2D eigenvalue weighted by Gasteiger charge is 2.42. The summed E-state index contributed by atoms with van der Waals surface area (Å²) in [6, 6.07) is 6.28. The number of hydrogen-bond acceptors (Lipinski definition) is 4. The van der Waals surface area contributed by atoms with E-state index < -0.39 is 6.04 Å². The highest BCUT2D eigenvalue weighted by Crippen LogP contribution is 2.27. The minimum absolute atomic E-state index is 0.176. The van der Waals surface area contributed by atoms with Gasteiger partial charge in [-0.1, -0.05) is 39.8 Å². The standard InChI is InChI=1S/C23H33N3O3/c1-15(2)13-19(26-22(28)17-9-5-6-10-18(17)23(26)29)21(27)24-14-20(16(3)4)25-11-7-8-12-25/h5-6,9-10,15-16,19-20H,7-8,11-14H2,1-4H3,(H,24,27). The Kier molecular flexibility index (Phi) is 6.73. The summed E-state index contributed by atoms with van der Waals surface area (Å²) in [6.45, 7) is 11.0. The fourth-order valence-corrected chi connectivity index (χ4v) is 4.45. The molecule has 0 aliphatic carbocycles. The molecule has 1 fully saturated rings. The maximum absolute atomic E-state index is 13.2. The van der Waals surface area contributed by atoms with Crippen LogP contribution in [0.5, 0.6) is 0 Å². The maximum Gasteiger partial charge on any atom is 0.262 e. The summed E-state index contributed by atoms with van der Waals surface area (Å²) in [5.41, 5.74) is 0.771. The molecule has 2 heterocycles. The molecule has 0 radical (unpaired) electrons. The first-order valence-corrected chi connectivity index (χ1v) is 10.8. The molecule has 2 unspecified atom stereocenters. The van der Waals surface area contributed by atoms with Crippen LogP contribution in [0.2, 0.25) is 0 Å². The number of nitrogens with zero attached hydrogens (tertiary/aromatic N) is 2. The van der Waals surface area contributed by atoms with Crippen LogP contribution in [0.15, 0.2) is 24.3 Å². The smallest absolute Gasteiger partial charge is 0.262 e. The predicted molar refractivity (Wildman–Crippen MR) is 113 cm³/mol. The lowest BCUT2D eigenvalue weighted by molar-refractivity contribution is -0.125. The summed E-state index contributed by atoms with van der Waals surface area (Å²) >= 11 is 0. The molecule has 3 amide bonds. The minimum Gasteiger partial charge on any atom is -0.353 e. The average molecular weight is 400 g/mol. The first kappa shape index (κ1) is 21.5. The van der Waals surface area contributed by atoms with Gasteiger partial charge in [-0.15, -0.1) is 0 Å². The number of rotatable bonds is 8. The molecule has 29 heavy (non-hydrogen) atoms. The zero-order chi connectivity index (χ0) is 21.1. The number of imide groups is 1. The van der Waals surface area contributed by atoms with E-state index in [9.17, 15) is 14.4 Å². The second-order valence-corrected chi connectivity index (χ2v) is 8.97. The van der Waals surface area contributed by atoms with Crippen LogP contribution in [0.3, 0.4) is 0 Å². The van der Waals surface area contributed by atoms with E-state index in [-0.39, 0.29) is 29.7 Å². The molecule has 6 heteroatoms. The Balaban J connectivity index is 1.75. The van der Waals surface area contributed by atoms with Crippen molar-refractivity contribution in [1.82, 2.24) is 15.1 Å². The molecule has 2 aliphatic rings. The second-order valence-electron chi connectivity index (χ2n) is 8.97. The Morgan fingerprint density at radius 1 is 1.00 bits per heavy atom. The number of nitrogens with one attached hydrogen (secondary N) is 1. The minimum atomic E-state index is -0.784. The fourth-order valence-electron chi connectivity index (χ4n) is 4.45. The van der Waals surface area contributed by atoms with E-state index in [1.54, 1.807) is 24.3 Å². The van der Waals surface area contributed by atoms with Crippen LogP contribution in [0.25, 0.3) is 0 Å². The van der Waals surface area contributed by atoms with Crippen molar-refractivity contribution in [3.05, 3.63) is 35.4 Å². The molecule has 1 saturated heterocycles. The molecule has 1 aromatic carbocycles. The zero-order valence-electron chi connectivity index (χ0n) is 18.0. The number of likely N-dealkylation sites (tertiary alicyclic amines) is 1. The molecule has 0 aromatic heterocycles. The number of fused-ring (bicyclic) bond motifs is 1. The van der Waals surface area contributed by atoms with Gasteiger partial charge in [-0.3, -0.25) is 24.2 Å². The third-order valence-corrected chi connectivity index (χ3v) is 6.00. The molecule has 2 aliphatic heterocycles. The van der Waals surface area contributed by atoms with Gasteiger partial charge in [0.2, 0.25) is 5.91 Å². The third-order valence-electron chi connectivity index (χ3n) is 6.00. The van der Waals surface area contributed by atoms with E-state index in [4.69, 9.17) is 0 Å². The van der Waals surface area contributed by atoms with Crippen molar-refractivity contribution in [2.75, 3.05) is 19.6 Å². The van der Waals surface area contributed by atoms with Crippen molar-refractivity contribution in [2.24, 2.45) is 11.8 Å². The van der Waals surface area contributed by atoms with E-state index in [0.29, 0.717) is 30.0 Å². The highest BCUT2D eigenvalue weighted by molar-refractivity contribution is 6.22. The Morgan fingerprint density at radius 3 is 2.03 bits per heavy atom. The Labute approximate surface area is 173 Å². The van der Waals surface area contributed by atoms with Crippen LogP contribution in [-0.4, -0.2) is 59.2 Å². The average Bonchev–Trinajstić information content (AvgIpc) is 3.28. The Morgan fingerprint density at radius 2 is 1.55 bits per heavy atom. The van der Waals surface area contributed by atoms with Gasteiger partial charge >= 0.3 is 0 Å². The topological polar surface area (TPSA) is 69.7 Å². The molecule has 0 bridgehead atoms. The summed E-state index contributed by atoms with van der Waals surface area (Å²) < 4.78 is 0. The lowest BCUT2D eigenvalue weighted by atomic mass is 10.00. The van der Waals surface area contributed by atoms with Gasteiger partial charge in [0.25, 0.3) is 11.8 Å². The lowest BCUT2D eigenvalue weighted by Crippen LogP contribution is -2.53. The molecule has 6 nitrogen and oxygen atoms in total. The summed E-state index contributed by atoms with van der Waals surface area (Å²) in [5, 5.41) is 3.06.